The number of aliphatic carboxylic acids is 1. The lowest BCUT2D eigenvalue weighted by atomic mass is 10.0. The molecule has 3 aromatic carbocycles. The highest BCUT2D eigenvalue weighted by atomic mass is 32.2. The van der Waals surface area contributed by atoms with Gasteiger partial charge in [0.2, 0.25) is 5.91 Å². The van der Waals surface area contributed by atoms with E-state index in [-0.39, 0.29) is 12.3 Å². The molecule has 1 heterocycles. The van der Waals surface area contributed by atoms with Gasteiger partial charge in [-0.1, -0.05) is 54.6 Å². The Labute approximate surface area is 223 Å². The summed E-state index contributed by atoms with van der Waals surface area (Å²) in [6.45, 7) is 0.0191. The van der Waals surface area contributed by atoms with Gasteiger partial charge >= 0.3 is 5.97 Å². The van der Waals surface area contributed by atoms with Crippen LogP contribution in [0.4, 0.5) is 0 Å². The number of carbonyl (C=O) groups is 2. The van der Waals surface area contributed by atoms with Crippen molar-refractivity contribution in [2.45, 2.75) is 36.6 Å². The highest BCUT2D eigenvalue weighted by Gasteiger charge is 2.23. The Hall–Kier alpha value is -4.02. The molecule has 198 valence electrons. The Morgan fingerprint density at radius 1 is 1.00 bits per heavy atom. The fourth-order valence-corrected chi connectivity index (χ4v) is 5.08. The third kappa shape index (κ3) is 7.50. The van der Waals surface area contributed by atoms with Crippen molar-refractivity contribution in [1.29, 1.82) is 0 Å². The normalized spacial score (nSPS) is 12.6. The Bertz CT molecular complexity index is 1380. The van der Waals surface area contributed by atoms with Crippen molar-refractivity contribution in [3.63, 3.8) is 0 Å². The molecule has 0 radical (unpaired) electrons. The lowest BCUT2D eigenvalue weighted by Gasteiger charge is -2.19. The first kappa shape index (κ1) is 27.0. The van der Waals surface area contributed by atoms with Crippen molar-refractivity contribution in [1.82, 2.24) is 20.2 Å². The van der Waals surface area contributed by atoms with Gasteiger partial charge in [0, 0.05) is 11.9 Å². The quantitative estimate of drug-likeness (QED) is 0.183. The van der Waals surface area contributed by atoms with Crippen LogP contribution in [0.25, 0.3) is 10.9 Å². The van der Waals surface area contributed by atoms with Gasteiger partial charge in [0.1, 0.15) is 28.3 Å². The number of carboxylic acids is 1. The van der Waals surface area contributed by atoms with Crippen LogP contribution in [-0.4, -0.2) is 50.6 Å². The van der Waals surface area contributed by atoms with E-state index in [0.29, 0.717) is 28.1 Å². The number of aromatic nitrogens is 2. The summed E-state index contributed by atoms with van der Waals surface area (Å²) >= 11 is 0. The monoisotopic (exact) mass is 534 g/mol. The van der Waals surface area contributed by atoms with E-state index in [2.05, 4.69) is 32.4 Å². The smallest absolute Gasteiger partial charge is 0.341 e. The number of nitrogens with zero attached hydrogens (tertiary/aromatic N) is 1. The molecule has 4 aromatic rings. The Morgan fingerprint density at radius 3 is 2.47 bits per heavy atom. The second-order valence-corrected chi connectivity index (χ2v) is 10.00. The van der Waals surface area contributed by atoms with Crippen LogP contribution < -0.4 is 14.8 Å². The molecule has 0 saturated heterocycles. The standard InChI is InChI=1S/C28H30N4O5S/c33-26(34)19-37-25-15-14-21(23-18-30-31-27(23)25)17-24(32-38(36)22-12-5-2-6-13-22)28(35)29-16-8-7-11-20-9-3-1-4-10-20/h1-6,9-10,12-15,18,24,32H,7-8,11,16-17,19H2,(H,29,35)(H,30,31)(H,33,34). The number of ether oxygens (including phenoxy) is 1. The third-order valence-corrected chi connectivity index (χ3v) is 7.20. The van der Waals surface area contributed by atoms with Gasteiger partial charge in [-0.15, -0.1) is 0 Å². The van der Waals surface area contributed by atoms with Crippen molar-refractivity contribution in [2.24, 2.45) is 0 Å². The molecule has 1 amide bonds. The second kappa shape index (κ2) is 13.5. The SMILES string of the molecule is O=C(O)COc1ccc(CC(NS(=O)c2ccccc2)C(=O)NCCCCc2ccccc2)c2cn[nH]c12. The number of benzene rings is 3. The lowest BCUT2D eigenvalue weighted by Crippen LogP contribution is -2.46. The number of aryl methyl sites for hydroxylation is 1. The minimum atomic E-state index is -1.60. The number of hydrogen-bond donors (Lipinski definition) is 4. The molecule has 2 unspecified atom stereocenters. The molecule has 4 rings (SSSR count). The number of amides is 1. The highest BCUT2D eigenvalue weighted by Crippen LogP contribution is 2.27. The number of carboxylic acid groups (broad SMARTS) is 1. The predicted octanol–water partition coefficient (Wildman–Crippen LogP) is 3.39. The molecule has 38 heavy (non-hydrogen) atoms. The topological polar surface area (TPSA) is 133 Å². The van der Waals surface area contributed by atoms with Gasteiger partial charge in [-0.3, -0.25) is 9.89 Å². The van der Waals surface area contributed by atoms with Crippen LogP contribution in [-0.2, 0) is 33.4 Å². The van der Waals surface area contributed by atoms with Crippen LogP contribution in [0.15, 0.2) is 83.9 Å². The van der Waals surface area contributed by atoms with E-state index in [9.17, 15) is 13.8 Å². The number of aromatic amines is 1. The summed E-state index contributed by atoms with van der Waals surface area (Å²) in [5, 5.41) is 19.5. The Kier molecular flexibility index (Phi) is 9.60. The second-order valence-electron chi connectivity index (χ2n) is 8.75. The zero-order valence-corrected chi connectivity index (χ0v) is 21.6. The molecule has 0 aliphatic rings. The maximum absolute atomic E-state index is 13.2. The number of hydrogen-bond acceptors (Lipinski definition) is 5. The van der Waals surface area contributed by atoms with Crippen LogP contribution in [0.5, 0.6) is 5.75 Å². The molecule has 0 fully saturated rings. The summed E-state index contributed by atoms with van der Waals surface area (Å²) in [6.07, 6.45) is 4.53. The molecule has 4 N–H and O–H groups in total. The number of fused-ring (bicyclic) bond motifs is 1. The van der Waals surface area contributed by atoms with E-state index in [4.69, 9.17) is 9.84 Å². The molecule has 0 aliphatic heterocycles. The first-order valence-corrected chi connectivity index (χ1v) is 13.5. The van der Waals surface area contributed by atoms with E-state index in [1.807, 2.05) is 24.3 Å². The molecule has 1 aromatic heterocycles. The van der Waals surface area contributed by atoms with E-state index in [1.165, 1.54) is 5.56 Å². The van der Waals surface area contributed by atoms with Gasteiger partial charge in [0.25, 0.3) is 0 Å². The third-order valence-electron chi connectivity index (χ3n) is 6.00. The summed E-state index contributed by atoms with van der Waals surface area (Å²) in [7, 11) is -1.60. The Balaban J connectivity index is 1.45. The van der Waals surface area contributed by atoms with Crippen LogP contribution in [0.2, 0.25) is 0 Å². The number of H-pyrrole nitrogens is 1. The van der Waals surface area contributed by atoms with Gasteiger partial charge in [-0.25, -0.2) is 13.7 Å². The molecule has 10 heteroatoms. The summed E-state index contributed by atoms with van der Waals surface area (Å²) in [4.78, 5) is 24.7. The molecule has 2 atom stereocenters. The average molecular weight is 535 g/mol. The summed E-state index contributed by atoms with van der Waals surface area (Å²) < 4.78 is 21.4. The number of nitrogens with one attached hydrogen (secondary N) is 3. The number of rotatable bonds is 14. The molecule has 0 aliphatic carbocycles. The van der Waals surface area contributed by atoms with Gasteiger partial charge in [-0.2, -0.15) is 5.10 Å². The molecule has 9 nitrogen and oxygen atoms in total. The predicted molar refractivity (Wildman–Crippen MR) is 145 cm³/mol. The maximum Gasteiger partial charge on any atom is 0.341 e. The zero-order chi connectivity index (χ0) is 26.7. The molecular weight excluding hydrogens is 504 g/mol. The first-order valence-electron chi connectivity index (χ1n) is 12.4. The van der Waals surface area contributed by atoms with Gasteiger partial charge in [-0.05, 0) is 55.0 Å². The van der Waals surface area contributed by atoms with Gasteiger partial charge < -0.3 is 15.2 Å². The van der Waals surface area contributed by atoms with Gasteiger partial charge in [0.15, 0.2) is 6.61 Å². The van der Waals surface area contributed by atoms with E-state index >= 15 is 0 Å². The van der Waals surface area contributed by atoms with Crippen molar-refractivity contribution in [2.75, 3.05) is 13.2 Å². The van der Waals surface area contributed by atoms with Crippen LogP contribution in [0, 0.1) is 0 Å². The van der Waals surface area contributed by atoms with Crippen molar-refractivity contribution in [3.05, 3.63) is 90.1 Å². The molecule has 0 spiro atoms. The minimum Gasteiger partial charge on any atom is -0.480 e. The van der Waals surface area contributed by atoms with Crippen molar-refractivity contribution >= 4 is 33.8 Å². The van der Waals surface area contributed by atoms with Crippen LogP contribution in [0.3, 0.4) is 0 Å². The molecule has 0 bridgehead atoms. The summed E-state index contributed by atoms with van der Waals surface area (Å²) in [5.74, 6) is -0.990. The number of unbranched alkanes of at least 4 members (excludes halogenated alkanes) is 1. The molecule has 0 saturated carbocycles. The largest absolute Gasteiger partial charge is 0.480 e. The Morgan fingerprint density at radius 2 is 1.74 bits per heavy atom. The first-order chi connectivity index (χ1) is 18.5. The molecular formula is C28H30N4O5S. The fraction of sp³-hybridized carbons (Fsp3) is 0.250. The minimum absolute atomic E-state index is 0.240. The van der Waals surface area contributed by atoms with Crippen molar-refractivity contribution < 1.29 is 23.6 Å². The highest BCUT2D eigenvalue weighted by molar-refractivity contribution is 7.83. The van der Waals surface area contributed by atoms with E-state index < -0.39 is 29.6 Å². The average Bonchev–Trinajstić information content (AvgIpc) is 3.43. The van der Waals surface area contributed by atoms with Crippen LogP contribution >= 0.6 is 0 Å². The van der Waals surface area contributed by atoms with Crippen molar-refractivity contribution in [3.8, 4) is 5.75 Å². The summed E-state index contributed by atoms with van der Waals surface area (Å²) in [6, 6.07) is 21.7. The summed E-state index contributed by atoms with van der Waals surface area (Å²) in [5.41, 5.74) is 2.57. The zero-order valence-electron chi connectivity index (χ0n) is 20.8. The lowest BCUT2D eigenvalue weighted by molar-refractivity contribution is -0.139. The van der Waals surface area contributed by atoms with Gasteiger partial charge in [0.05, 0.1) is 11.1 Å². The fourth-order valence-electron chi connectivity index (χ4n) is 4.09. The number of carbonyl (C=O) groups excluding carboxylic acids is 1. The van der Waals surface area contributed by atoms with Crippen LogP contribution in [0.1, 0.15) is 24.0 Å². The maximum atomic E-state index is 13.2. The van der Waals surface area contributed by atoms with E-state index in [1.54, 1.807) is 42.6 Å². The van der Waals surface area contributed by atoms with E-state index in [0.717, 1.165) is 24.8 Å².